The Morgan fingerprint density at radius 2 is 1.93 bits per heavy atom. The van der Waals surface area contributed by atoms with E-state index >= 15 is 0 Å². The smallest absolute Gasteiger partial charge is 0.338 e. The van der Waals surface area contributed by atoms with Crippen molar-refractivity contribution in [3.8, 4) is 24.7 Å². The molecule has 0 atom stereocenters. The van der Waals surface area contributed by atoms with Gasteiger partial charge in [0.1, 0.15) is 11.4 Å². The summed E-state index contributed by atoms with van der Waals surface area (Å²) in [5, 5.41) is 0. The van der Waals surface area contributed by atoms with Crippen molar-refractivity contribution in [1.29, 1.82) is 0 Å². The van der Waals surface area contributed by atoms with Crippen molar-refractivity contribution in [3.63, 3.8) is 0 Å². The highest BCUT2D eigenvalue weighted by Crippen LogP contribution is 2.06. The van der Waals surface area contributed by atoms with Gasteiger partial charge in [-0.2, -0.15) is 0 Å². The molecule has 0 saturated carbocycles. The number of carbonyl (C=O) groups excluding carboxylic acids is 1. The van der Waals surface area contributed by atoms with Crippen LogP contribution in [0.1, 0.15) is 28.7 Å². The molecule has 0 amide bonds. The second kappa shape index (κ2) is 4.83. The van der Waals surface area contributed by atoms with E-state index in [1.54, 1.807) is 6.92 Å². The molecule has 1 aromatic rings. The molecule has 1 aromatic heterocycles. The summed E-state index contributed by atoms with van der Waals surface area (Å²) in [6.45, 7) is 2.03. The number of terminal acetylenes is 2. The number of aromatic nitrogens is 1. The molecule has 74 valence electrons. The van der Waals surface area contributed by atoms with E-state index in [9.17, 15) is 4.79 Å². The van der Waals surface area contributed by atoms with Gasteiger partial charge in [-0.3, -0.25) is 0 Å². The molecule has 0 aliphatic heterocycles. The van der Waals surface area contributed by atoms with Crippen LogP contribution in [0, 0.1) is 24.7 Å². The van der Waals surface area contributed by atoms with Crippen LogP contribution < -0.4 is 0 Å². The third kappa shape index (κ3) is 2.59. The lowest BCUT2D eigenvalue weighted by atomic mass is 10.2. The zero-order chi connectivity index (χ0) is 11.3. The average molecular weight is 199 g/mol. The van der Waals surface area contributed by atoms with Crippen LogP contribution in [-0.4, -0.2) is 17.6 Å². The Kier molecular flexibility index (Phi) is 3.49. The Morgan fingerprint density at radius 3 is 2.33 bits per heavy atom. The minimum absolute atomic E-state index is 0.304. The van der Waals surface area contributed by atoms with E-state index in [-0.39, 0.29) is 0 Å². The van der Waals surface area contributed by atoms with Crippen LogP contribution in [0.15, 0.2) is 12.1 Å². The highest BCUT2D eigenvalue weighted by atomic mass is 16.5. The Balaban J connectivity index is 3.15. The van der Waals surface area contributed by atoms with E-state index in [2.05, 4.69) is 16.8 Å². The van der Waals surface area contributed by atoms with E-state index in [4.69, 9.17) is 17.6 Å². The van der Waals surface area contributed by atoms with Gasteiger partial charge in [0.25, 0.3) is 0 Å². The van der Waals surface area contributed by atoms with Crippen molar-refractivity contribution in [3.05, 3.63) is 29.1 Å². The lowest BCUT2D eigenvalue weighted by molar-refractivity contribution is 0.0526. The number of carbonyl (C=O) groups is 1. The molecule has 0 aliphatic rings. The summed E-state index contributed by atoms with van der Waals surface area (Å²) in [6, 6.07) is 2.94. The number of esters is 1. The monoisotopic (exact) mass is 199 g/mol. The number of ether oxygens (including phenoxy) is 1. The molecule has 15 heavy (non-hydrogen) atoms. The molecule has 0 aliphatic carbocycles. The standard InChI is InChI=1S/C12H9NO2/c1-4-10-7-9(12(14)15-6-3)8-11(5-2)13-10/h1-2,7-8H,6H2,3H3. The second-order valence-electron chi connectivity index (χ2n) is 2.64. The van der Waals surface area contributed by atoms with Crippen molar-refractivity contribution in [2.75, 3.05) is 6.61 Å². The quantitative estimate of drug-likeness (QED) is 0.531. The molecule has 1 rings (SSSR count). The molecule has 1 heterocycles. The maximum Gasteiger partial charge on any atom is 0.338 e. The van der Waals surface area contributed by atoms with Gasteiger partial charge in [-0.05, 0) is 19.1 Å². The summed E-state index contributed by atoms with van der Waals surface area (Å²) < 4.78 is 4.82. The molecular weight excluding hydrogens is 190 g/mol. The Morgan fingerprint density at radius 1 is 1.40 bits per heavy atom. The first-order valence-corrected chi connectivity index (χ1v) is 4.33. The average Bonchev–Trinajstić information content (AvgIpc) is 2.28. The van der Waals surface area contributed by atoms with E-state index in [0.717, 1.165) is 0 Å². The number of pyridine rings is 1. The molecular formula is C12H9NO2. The largest absolute Gasteiger partial charge is 0.462 e. The maximum absolute atomic E-state index is 11.4. The lowest BCUT2D eigenvalue weighted by Crippen LogP contribution is -2.06. The molecule has 0 spiro atoms. The minimum Gasteiger partial charge on any atom is -0.462 e. The zero-order valence-electron chi connectivity index (χ0n) is 8.28. The van der Waals surface area contributed by atoms with Crippen molar-refractivity contribution >= 4 is 5.97 Å². The zero-order valence-corrected chi connectivity index (χ0v) is 8.28. The summed E-state index contributed by atoms with van der Waals surface area (Å²) in [6.07, 6.45) is 10.4. The minimum atomic E-state index is -0.451. The van der Waals surface area contributed by atoms with E-state index in [1.807, 2.05) is 0 Å². The van der Waals surface area contributed by atoms with Crippen LogP contribution in [0.25, 0.3) is 0 Å². The summed E-state index contributed by atoms with van der Waals surface area (Å²) in [4.78, 5) is 15.3. The van der Waals surface area contributed by atoms with Gasteiger partial charge in [-0.1, -0.05) is 11.8 Å². The summed E-state index contributed by atoms with van der Waals surface area (Å²) in [5.74, 6) is 4.20. The van der Waals surface area contributed by atoms with Crippen LogP contribution in [0.4, 0.5) is 0 Å². The van der Waals surface area contributed by atoms with Crippen LogP contribution in [0.5, 0.6) is 0 Å². The number of nitrogens with zero attached hydrogens (tertiary/aromatic N) is 1. The van der Waals surface area contributed by atoms with Crippen molar-refractivity contribution in [2.24, 2.45) is 0 Å². The van der Waals surface area contributed by atoms with Crippen molar-refractivity contribution in [1.82, 2.24) is 4.98 Å². The topological polar surface area (TPSA) is 39.2 Å². The molecule has 0 bridgehead atoms. The molecule has 0 unspecified atom stereocenters. The van der Waals surface area contributed by atoms with Gasteiger partial charge in [-0.25, -0.2) is 9.78 Å². The number of hydrogen-bond acceptors (Lipinski definition) is 3. The van der Waals surface area contributed by atoms with Gasteiger partial charge >= 0.3 is 5.97 Å². The first kappa shape index (κ1) is 10.8. The highest BCUT2D eigenvalue weighted by molar-refractivity contribution is 5.90. The summed E-state index contributed by atoms with van der Waals surface area (Å²) in [7, 11) is 0. The molecule has 0 N–H and O–H groups in total. The third-order valence-electron chi connectivity index (χ3n) is 1.63. The van der Waals surface area contributed by atoms with Crippen LogP contribution in [-0.2, 0) is 4.74 Å². The summed E-state index contributed by atoms with van der Waals surface area (Å²) in [5.41, 5.74) is 0.981. The Bertz CT molecular complexity index is 431. The Hall–Kier alpha value is -2.26. The molecule has 0 fully saturated rings. The van der Waals surface area contributed by atoms with Crippen LogP contribution in [0.3, 0.4) is 0 Å². The normalized spacial score (nSPS) is 8.73. The highest BCUT2D eigenvalue weighted by Gasteiger charge is 2.08. The number of rotatable bonds is 2. The predicted molar refractivity (Wildman–Crippen MR) is 56.1 cm³/mol. The predicted octanol–water partition coefficient (Wildman–Crippen LogP) is 1.22. The molecule has 0 saturated heterocycles. The fourth-order valence-corrected chi connectivity index (χ4v) is 1.01. The van der Waals surface area contributed by atoms with Crippen molar-refractivity contribution in [2.45, 2.75) is 6.92 Å². The van der Waals surface area contributed by atoms with Gasteiger partial charge in [0.2, 0.25) is 0 Å². The van der Waals surface area contributed by atoms with Gasteiger partial charge in [0, 0.05) is 0 Å². The molecule has 3 heteroatoms. The SMILES string of the molecule is C#Cc1cc(C(=O)OCC)cc(C#C)n1. The molecule has 0 radical (unpaired) electrons. The van der Waals surface area contributed by atoms with Gasteiger partial charge in [0.15, 0.2) is 0 Å². The first-order valence-electron chi connectivity index (χ1n) is 4.33. The van der Waals surface area contributed by atoms with E-state index in [0.29, 0.717) is 23.6 Å². The van der Waals surface area contributed by atoms with Crippen LogP contribution >= 0.6 is 0 Å². The fourth-order valence-electron chi connectivity index (χ4n) is 1.01. The maximum atomic E-state index is 11.4. The van der Waals surface area contributed by atoms with Crippen LogP contribution in [0.2, 0.25) is 0 Å². The van der Waals surface area contributed by atoms with E-state index < -0.39 is 5.97 Å². The lowest BCUT2D eigenvalue weighted by Gasteiger charge is -2.02. The number of hydrogen-bond donors (Lipinski definition) is 0. The molecule has 3 nitrogen and oxygen atoms in total. The third-order valence-corrected chi connectivity index (χ3v) is 1.63. The molecule has 0 aromatic carbocycles. The van der Waals surface area contributed by atoms with Crippen molar-refractivity contribution < 1.29 is 9.53 Å². The van der Waals surface area contributed by atoms with Gasteiger partial charge < -0.3 is 4.74 Å². The van der Waals surface area contributed by atoms with Gasteiger partial charge in [-0.15, -0.1) is 12.8 Å². The Labute approximate surface area is 88.5 Å². The van der Waals surface area contributed by atoms with E-state index in [1.165, 1.54) is 12.1 Å². The second-order valence-corrected chi connectivity index (χ2v) is 2.64. The van der Waals surface area contributed by atoms with Gasteiger partial charge in [0.05, 0.1) is 12.2 Å². The first-order chi connectivity index (χ1) is 7.21. The fraction of sp³-hybridized carbons (Fsp3) is 0.167. The summed E-state index contributed by atoms with van der Waals surface area (Å²) >= 11 is 0.